The van der Waals surface area contributed by atoms with E-state index in [1.807, 2.05) is 0 Å². The van der Waals surface area contributed by atoms with Crippen LogP contribution in [0, 0.1) is 5.82 Å². The minimum atomic E-state index is -3.66. The van der Waals surface area contributed by atoms with Gasteiger partial charge in [-0.15, -0.1) is 0 Å². The van der Waals surface area contributed by atoms with Crippen LogP contribution in [0.3, 0.4) is 0 Å². The topological polar surface area (TPSA) is 57.6 Å². The standard InChI is InChI=1S/C10H14FNO3S/c1-3-12(4-2)16(14,15)8-5-6-10(13)9(11)7-8/h5-7,13H,3-4H2,1-2H3. The summed E-state index contributed by atoms with van der Waals surface area (Å²) in [4.78, 5) is -0.147. The highest BCUT2D eigenvalue weighted by Gasteiger charge is 2.22. The molecule has 0 saturated heterocycles. The number of hydrogen-bond donors (Lipinski definition) is 1. The molecule has 0 atom stereocenters. The Balaban J connectivity index is 3.22. The molecule has 6 heteroatoms. The zero-order valence-corrected chi connectivity index (χ0v) is 9.96. The second-order valence-electron chi connectivity index (χ2n) is 3.20. The summed E-state index contributed by atoms with van der Waals surface area (Å²) >= 11 is 0. The smallest absolute Gasteiger partial charge is 0.243 e. The largest absolute Gasteiger partial charge is 0.505 e. The average Bonchev–Trinajstić information content (AvgIpc) is 2.23. The van der Waals surface area contributed by atoms with Crippen molar-refractivity contribution in [3.05, 3.63) is 24.0 Å². The van der Waals surface area contributed by atoms with Gasteiger partial charge in [0.25, 0.3) is 0 Å². The molecule has 16 heavy (non-hydrogen) atoms. The van der Waals surface area contributed by atoms with Crippen molar-refractivity contribution in [1.29, 1.82) is 0 Å². The van der Waals surface area contributed by atoms with E-state index in [4.69, 9.17) is 5.11 Å². The summed E-state index contributed by atoms with van der Waals surface area (Å²) in [5, 5.41) is 8.98. The fourth-order valence-electron chi connectivity index (χ4n) is 1.36. The van der Waals surface area contributed by atoms with Gasteiger partial charge in [0.2, 0.25) is 10.0 Å². The summed E-state index contributed by atoms with van der Waals surface area (Å²) in [6.45, 7) is 4.05. The van der Waals surface area contributed by atoms with Gasteiger partial charge < -0.3 is 5.11 Å². The van der Waals surface area contributed by atoms with Crippen LogP contribution in [-0.4, -0.2) is 30.9 Å². The van der Waals surface area contributed by atoms with Gasteiger partial charge in [-0.25, -0.2) is 12.8 Å². The molecule has 0 aliphatic carbocycles. The fourth-order valence-corrected chi connectivity index (χ4v) is 2.83. The molecule has 1 aromatic carbocycles. The third-order valence-electron chi connectivity index (χ3n) is 2.26. The number of halogens is 1. The molecule has 1 N–H and O–H groups in total. The highest BCUT2D eigenvalue weighted by Crippen LogP contribution is 2.21. The summed E-state index contributed by atoms with van der Waals surface area (Å²) in [7, 11) is -3.66. The minimum absolute atomic E-state index is 0.147. The van der Waals surface area contributed by atoms with Gasteiger partial charge in [-0.3, -0.25) is 0 Å². The van der Waals surface area contributed by atoms with Crippen LogP contribution >= 0.6 is 0 Å². The Morgan fingerprint density at radius 2 is 1.88 bits per heavy atom. The Labute approximate surface area is 94.4 Å². The van der Waals surface area contributed by atoms with Crippen molar-refractivity contribution in [1.82, 2.24) is 4.31 Å². The number of benzene rings is 1. The normalized spacial score (nSPS) is 12.0. The van der Waals surface area contributed by atoms with Crippen LogP contribution in [-0.2, 0) is 10.0 Å². The average molecular weight is 247 g/mol. The molecular formula is C10H14FNO3S. The summed E-state index contributed by atoms with van der Waals surface area (Å²) in [6, 6.07) is 3.04. The van der Waals surface area contributed by atoms with Gasteiger partial charge in [-0.05, 0) is 18.2 Å². The van der Waals surface area contributed by atoms with Gasteiger partial charge in [0.15, 0.2) is 11.6 Å². The molecule has 0 amide bonds. The van der Waals surface area contributed by atoms with Crippen molar-refractivity contribution < 1.29 is 17.9 Å². The summed E-state index contributed by atoms with van der Waals surface area (Å²) in [6.07, 6.45) is 0. The number of sulfonamides is 1. The molecule has 0 heterocycles. The zero-order chi connectivity index (χ0) is 12.3. The first-order valence-electron chi connectivity index (χ1n) is 4.92. The lowest BCUT2D eigenvalue weighted by molar-refractivity contribution is 0.428. The molecule has 0 radical (unpaired) electrons. The van der Waals surface area contributed by atoms with E-state index in [2.05, 4.69) is 0 Å². The van der Waals surface area contributed by atoms with Crippen LogP contribution in [0.4, 0.5) is 4.39 Å². The molecule has 4 nitrogen and oxygen atoms in total. The van der Waals surface area contributed by atoms with E-state index in [1.165, 1.54) is 10.4 Å². The molecule has 0 fully saturated rings. The van der Waals surface area contributed by atoms with Crippen LogP contribution in [0.5, 0.6) is 5.75 Å². The van der Waals surface area contributed by atoms with E-state index >= 15 is 0 Å². The number of phenolic OH excluding ortho intramolecular Hbond substituents is 1. The predicted molar refractivity (Wildman–Crippen MR) is 58.2 cm³/mol. The van der Waals surface area contributed by atoms with Crippen LogP contribution < -0.4 is 0 Å². The van der Waals surface area contributed by atoms with E-state index in [0.717, 1.165) is 12.1 Å². The van der Waals surface area contributed by atoms with E-state index in [-0.39, 0.29) is 4.90 Å². The van der Waals surface area contributed by atoms with E-state index in [0.29, 0.717) is 13.1 Å². The van der Waals surface area contributed by atoms with Crippen LogP contribution in [0.25, 0.3) is 0 Å². The molecular weight excluding hydrogens is 233 g/mol. The minimum Gasteiger partial charge on any atom is -0.505 e. The van der Waals surface area contributed by atoms with Crippen molar-refractivity contribution in [2.24, 2.45) is 0 Å². The second kappa shape index (κ2) is 4.80. The van der Waals surface area contributed by atoms with E-state index < -0.39 is 21.6 Å². The molecule has 0 aromatic heterocycles. The molecule has 1 rings (SSSR count). The Hall–Kier alpha value is -1.14. The molecule has 90 valence electrons. The molecule has 0 aliphatic heterocycles. The molecule has 0 unspecified atom stereocenters. The van der Waals surface area contributed by atoms with Crippen molar-refractivity contribution in [2.45, 2.75) is 18.7 Å². The molecule has 0 spiro atoms. The lowest BCUT2D eigenvalue weighted by Gasteiger charge is -2.18. The van der Waals surface area contributed by atoms with Gasteiger partial charge in [-0.2, -0.15) is 4.31 Å². The highest BCUT2D eigenvalue weighted by molar-refractivity contribution is 7.89. The summed E-state index contributed by atoms with van der Waals surface area (Å²) in [5.74, 6) is -1.49. The lowest BCUT2D eigenvalue weighted by Crippen LogP contribution is -2.30. The van der Waals surface area contributed by atoms with Crippen LogP contribution in [0.15, 0.2) is 23.1 Å². The number of aromatic hydroxyl groups is 1. The third-order valence-corrected chi connectivity index (χ3v) is 4.31. The second-order valence-corrected chi connectivity index (χ2v) is 5.14. The number of rotatable bonds is 4. The Kier molecular flexibility index (Phi) is 3.88. The molecule has 0 saturated carbocycles. The first-order valence-corrected chi connectivity index (χ1v) is 6.36. The van der Waals surface area contributed by atoms with E-state index in [9.17, 15) is 12.8 Å². The number of phenols is 1. The molecule has 0 bridgehead atoms. The number of nitrogens with zero attached hydrogens (tertiary/aromatic N) is 1. The van der Waals surface area contributed by atoms with Gasteiger partial charge in [-0.1, -0.05) is 13.8 Å². The number of hydrogen-bond acceptors (Lipinski definition) is 3. The van der Waals surface area contributed by atoms with Gasteiger partial charge in [0.05, 0.1) is 4.90 Å². The van der Waals surface area contributed by atoms with E-state index in [1.54, 1.807) is 13.8 Å². The lowest BCUT2D eigenvalue weighted by atomic mass is 10.3. The summed E-state index contributed by atoms with van der Waals surface area (Å²) in [5.41, 5.74) is 0. The quantitative estimate of drug-likeness (QED) is 0.878. The van der Waals surface area contributed by atoms with Crippen LogP contribution in [0.1, 0.15) is 13.8 Å². The maximum absolute atomic E-state index is 13.0. The fraction of sp³-hybridized carbons (Fsp3) is 0.400. The van der Waals surface area contributed by atoms with Crippen molar-refractivity contribution in [3.63, 3.8) is 0 Å². The third kappa shape index (κ3) is 2.33. The highest BCUT2D eigenvalue weighted by atomic mass is 32.2. The molecule has 0 aliphatic rings. The van der Waals surface area contributed by atoms with Gasteiger partial charge in [0.1, 0.15) is 0 Å². The first-order chi connectivity index (χ1) is 7.43. The maximum Gasteiger partial charge on any atom is 0.243 e. The zero-order valence-electron chi connectivity index (χ0n) is 9.14. The maximum atomic E-state index is 13.0. The predicted octanol–water partition coefficient (Wildman–Crippen LogP) is 1.56. The molecule has 1 aromatic rings. The van der Waals surface area contributed by atoms with Crippen molar-refractivity contribution in [3.8, 4) is 5.75 Å². The Bertz CT molecular complexity index is 469. The first kappa shape index (κ1) is 12.9. The summed E-state index contributed by atoms with van der Waals surface area (Å²) < 4.78 is 38.1. The SMILES string of the molecule is CCN(CC)S(=O)(=O)c1ccc(O)c(F)c1. The van der Waals surface area contributed by atoms with Crippen LogP contribution in [0.2, 0.25) is 0 Å². The van der Waals surface area contributed by atoms with Gasteiger partial charge in [0, 0.05) is 13.1 Å². The van der Waals surface area contributed by atoms with Crippen molar-refractivity contribution in [2.75, 3.05) is 13.1 Å². The Morgan fingerprint density at radius 1 is 1.31 bits per heavy atom. The van der Waals surface area contributed by atoms with Gasteiger partial charge >= 0.3 is 0 Å². The Morgan fingerprint density at radius 3 is 2.31 bits per heavy atom. The van der Waals surface area contributed by atoms with Crippen molar-refractivity contribution >= 4 is 10.0 Å². The monoisotopic (exact) mass is 247 g/mol.